The topological polar surface area (TPSA) is 49.4 Å². The molecule has 0 spiro atoms. The highest BCUT2D eigenvalue weighted by Crippen LogP contribution is 2.51. The third kappa shape index (κ3) is 4.22. The fourth-order valence-electron chi connectivity index (χ4n) is 4.93. The number of nitrogens with zero attached hydrogens (tertiary/aromatic N) is 1. The Labute approximate surface area is 175 Å². The van der Waals surface area contributed by atoms with Gasteiger partial charge in [0.2, 0.25) is 0 Å². The Balaban J connectivity index is 1.41. The highest BCUT2D eigenvalue weighted by Gasteiger charge is 2.46. The van der Waals surface area contributed by atoms with Gasteiger partial charge in [0.1, 0.15) is 0 Å². The summed E-state index contributed by atoms with van der Waals surface area (Å²) >= 11 is 0. The van der Waals surface area contributed by atoms with Gasteiger partial charge in [-0.3, -0.25) is 4.72 Å². The van der Waals surface area contributed by atoms with E-state index in [2.05, 4.69) is 42.5 Å². The maximum Gasteiger partial charge on any atom is 0.261 e. The molecule has 0 amide bonds. The van der Waals surface area contributed by atoms with E-state index < -0.39 is 10.0 Å². The Kier molecular flexibility index (Phi) is 5.71. The lowest BCUT2D eigenvalue weighted by atomic mass is 9.64. The Morgan fingerprint density at radius 1 is 1.03 bits per heavy atom. The lowest BCUT2D eigenvalue weighted by Crippen LogP contribution is -2.33. The van der Waals surface area contributed by atoms with Crippen molar-refractivity contribution in [3.05, 3.63) is 59.7 Å². The zero-order valence-corrected chi connectivity index (χ0v) is 18.5. The second kappa shape index (κ2) is 8.11. The summed E-state index contributed by atoms with van der Waals surface area (Å²) in [6.07, 6.45) is 2.48. The number of sulfonamides is 1. The van der Waals surface area contributed by atoms with Gasteiger partial charge in [-0.05, 0) is 78.5 Å². The monoisotopic (exact) mass is 412 g/mol. The molecule has 2 aromatic rings. The SMILES string of the molecule is CCCN1CC2CC(c3ccc(NS(=O)(=O)c4ccc(C(C)C)cc4)cc3)C2C1. The summed E-state index contributed by atoms with van der Waals surface area (Å²) < 4.78 is 28.1. The Hall–Kier alpha value is -1.85. The van der Waals surface area contributed by atoms with Gasteiger partial charge in [-0.15, -0.1) is 0 Å². The summed E-state index contributed by atoms with van der Waals surface area (Å²) in [4.78, 5) is 2.90. The molecule has 1 aliphatic heterocycles. The van der Waals surface area contributed by atoms with Crippen LogP contribution in [0, 0.1) is 11.8 Å². The standard InChI is InChI=1S/C24H32N2O2S/c1-4-13-26-15-20-14-23(24(20)16-26)19-5-9-21(10-6-19)25-29(27,28)22-11-7-18(8-12-22)17(2)3/h5-12,17,20,23-25H,4,13-16H2,1-3H3. The van der Waals surface area contributed by atoms with E-state index in [0.29, 0.717) is 22.4 Å². The molecule has 1 saturated heterocycles. The number of anilines is 1. The van der Waals surface area contributed by atoms with Crippen molar-refractivity contribution in [3.8, 4) is 0 Å². The van der Waals surface area contributed by atoms with Crippen LogP contribution in [0.4, 0.5) is 5.69 Å². The zero-order valence-electron chi connectivity index (χ0n) is 17.6. The first-order chi connectivity index (χ1) is 13.9. The van der Waals surface area contributed by atoms with Gasteiger partial charge in [-0.2, -0.15) is 0 Å². The van der Waals surface area contributed by atoms with Gasteiger partial charge in [-0.25, -0.2) is 8.42 Å². The first-order valence-electron chi connectivity index (χ1n) is 10.8. The Morgan fingerprint density at radius 2 is 1.72 bits per heavy atom. The maximum atomic E-state index is 12.7. The number of likely N-dealkylation sites (tertiary alicyclic amines) is 1. The van der Waals surface area contributed by atoms with Crippen LogP contribution in [0.15, 0.2) is 53.4 Å². The van der Waals surface area contributed by atoms with Crippen molar-refractivity contribution in [2.45, 2.75) is 50.3 Å². The average Bonchev–Trinajstić information content (AvgIpc) is 2.99. The smallest absolute Gasteiger partial charge is 0.261 e. The molecule has 2 fully saturated rings. The molecule has 4 nitrogen and oxygen atoms in total. The molecule has 3 atom stereocenters. The Bertz CT molecular complexity index is 936. The fourth-order valence-corrected chi connectivity index (χ4v) is 5.98. The van der Waals surface area contributed by atoms with E-state index in [1.807, 2.05) is 24.3 Å². The van der Waals surface area contributed by atoms with Gasteiger partial charge < -0.3 is 4.90 Å². The molecule has 1 saturated carbocycles. The minimum atomic E-state index is -3.56. The highest BCUT2D eigenvalue weighted by molar-refractivity contribution is 7.92. The number of hydrogen-bond acceptors (Lipinski definition) is 3. The van der Waals surface area contributed by atoms with Crippen molar-refractivity contribution in [3.63, 3.8) is 0 Å². The van der Waals surface area contributed by atoms with Gasteiger partial charge >= 0.3 is 0 Å². The number of hydrogen-bond donors (Lipinski definition) is 1. The number of nitrogens with one attached hydrogen (secondary N) is 1. The lowest BCUT2D eigenvalue weighted by molar-refractivity contribution is 0.191. The molecule has 3 unspecified atom stereocenters. The van der Waals surface area contributed by atoms with Gasteiger partial charge in [0.05, 0.1) is 4.90 Å². The van der Waals surface area contributed by atoms with E-state index in [-0.39, 0.29) is 0 Å². The van der Waals surface area contributed by atoms with Gasteiger partial charge in [0.25, 0.3) is 10.0 Å². The van der Waals surface area contributed by atoms with E-state index in [1.54, 1.807) is 12.1 Å². The van der Waals surface area contributed by atoms with Crippen molar-refractivity contribution in [1.29, 1.82) is 0 Å². The molecular formula is C24H32N2O2S. The molecule has 0 radical (unpaired) electrons. The molecule has 156 valence electrons. The van der Waals surface area contributed by atoms with E-state index in [0.717, 1.165) is 17.4 Å². The van der Waals surface area contributed by atoms with E-state index in [1.165, 1.54) is 38.0 Å². The Morgan fingerprint density at radius 3 is 2.34 bits per heavy atom. The largest absolute Gasteiger partial charge is 0.303 e. The summed E-state index contributed by atoms with van der Waals surface area (Å²) in [5.41, 5.74) is 3.10. The van der Waals surface area contributed by atoms with Crippen LogP contribution in [0.5, 0.6) is 0 Å². The predicted molar refractivity (Wildman–Crippen MR) is 119 cm³/mol. The molecule has 1 aliphatic carbocycles. The van der Waals surface area contributed by atoms with Crippen LogP contribution >= 0.6 is 0 Å². The molecule has 0 aromatic heterocycles. The van der Waals surface area contributed by atoms with Crippen LogP contribution in [0.3, 0.4) is 0 Å². The van der Waals surface area contributed by atoms with Crippen molar-refractivity contribution < 1.29 is 8.42 Å². The minimum absolute atomic E-state index is 0.301. The second-order valence-electron chi connectivity index (χ2n) is 8.98. The van der Waals surface area contributed by atoms with E-state index in [4.69, 9.17) is 0 Å². The number of rotatable bonds is 7. The van der Waals surface area contributed by atoms with Crippen molar-refractivity contribution in [1.82, 2.24) is 4.90 Å². The molecule has 29 heavy (non-hydrogen) atoms. The molecule has 5 heteroatoms. The molecule has 2 aliphatic rings. The van der Waals surface area contributed by atoms with Gasteiger partial charge in [0, 0.05) is 18.8 Å². The summed E-state index contributed by atoms with van der Waals surface area (Å²) in [6, 6.07) is 15.2. The predicted octanol–water partition coefficient (Wildman–Crippen LogP) is 5.06. The lowest BCUT2D eigenvalue weighted by Gasteiger charge is -2.40. The van der Waals surface area contributed by atoms with Crippen molar-refractivity contribution >= 4 is 15.7 Å². The van der Waals surface area contributed by atoms with Crippen LogP contribution in [0.2, 0.25) is 0 Å². The van der Waals surface area contributed by atoms with Crippen molar-refractivity contribution in [2.75, 3.05) is 24.4 Å². The van der Waals surface area contributed by atoms with E-state index >= 15 is 0 Å². The van der Waals surface area contributed by atoms with Gasteiger partial charge in [0.15, 0.2) is 0 Å². The molecular weight excluding hydrogens is 380 g/mol. The van der Waals surface area contributed by atoms with Crippen LogP contribution in [0.1, 0.15) is 56.6 Å². The molecule has 0 bridgehead atoms. The first-order valence-corrected chi connectivity index (χ1v) is 12.3. The first kappa shape index (κ1) is 20.4. The van der Waals surface area contributed by atoms with Crippen LogP contribution < -0.4 is 4.72 Å². The number of fused-ring (bicyclic) bond motifs is 1. The second-order valence-corrected chi connectivity index (χ2v) is 10.7. The third-order valence-electron chi connectivity index (χ3n) is 6.63. The highest BCUT2D eigenvalue weighted by atomic mass is 32.2. The van der Waals surface area contributed by atoms with Crippen LogP contribution in [-0.4, -0.2) is 33.0 Å². The average molecular weight is 413 g/mol. The molecule has 1 N–H and O–H groups in total. The summed E-state index contributed by atoms with van der Waals surface area (Å²) in [5, 5.41) is 0. The fraction of sp³-hybridized carbons (Fsp3) is 0.500. The quantitative estimate of drug-likeness (QED) is 0.692. The maximum absolute atomic E-state index is 12.7. The van der Waals surface area contributed by atoms with Crippen LogP contribution in [-0.2, 0) is 10.0 Å². The molecule has 2 aromatic carbocycles. The third-order valence-corrected chi connectivity index (χ3v) is 8.03. The minimum Gasteiger partial charge on any atom is -0.303 e. The van der Waals surface area contributed by atoms with Crippen LogP contribution in [0.25, 0.3) is 0 Å². The van der Waals surface area contributed by atoms with E-state index in [9.17, 15) is 8.42 Å². The summed E-state index contributed by atoms with van der Waals surface area (Å²) in [6.45, 7) is 10.1. The molecule has 4 rings (SSSR count). The normalized spacial score (nSPS) is 24.3. The summed E-state index contributed by atoms with van der Waals surface area (Å²) in [7, 11) is -3.56. The zero-order chi connectivity index (χ0) is 20.6. The number of benzene rings is 2. The van der Waals surface area contributed by atoms with Gasteiger partial charge in [-0.1, -0.05) is 45.0 Å². The molecule has 1 heterocycles. The van der Waals surface area contributed by atoms with Crippen molar-refractivity contribution in [2.24, 2.45) is 11.8 Å². The summed E-state index contributed by atoms with van der Waals surface area (Å²) in [5.74, 6) is 2.62.